The first kappa shape index (κ1) is 17.7. The zero-order chi connectivity index (χ0) is 17.8. The Morgan fingerprint density at radius 1 is 0.920 bits per heavy atom. The lowest BCUT2D eigenvalue weighted by Gasteiger charge is -2.41. The molecule has 3 amide bonds. The van der Waals surface area contributed by atoms with Crippen LogP contribution >= 0.6 is 0 Å². The van der Waals surface area contributed by atoms with Crippen molar-refractivity contribution in [2.45, 2.75) is 51.6 Å². The molecule has 0 aliphatic carbocycles. The van der Waals surface area contributed by atoms with Gasteiger partial charge in [-0.2, -0.15) is 0 Å². The minimum Gasteiger partial charge on any atom is -0.337 e. The topological polar surface area (TPSA) is 56.8 Å². The molecule has 0 saturated carbocycles. The summed E-state index contributed by atoms with van der Waals surface area (Å²) in [4.78, 5) is 35.4. The van der Waals surface area contributed by atoms with E-state index >= 15 is 0 Å². The van der Waals surface area contributed by atoms with Crippen LogP contribution in [0.25, 0.3) is 0 Å². The second-order valence-corrected chi connectivity index (χ2v) is 7.19. The highest BCUT2D eigenvalue weighted by Crippen LogP contribution is 2.24. The Bertz CT molecular complexity index is 597. The van der Waals surface area contributed by atoms with Gasteiger partial charge >= 0.3 is 6.03 Å². The van der Waals surface area contributed by atoms with Gasteiger partial charge in [0.25, 0.3) is 5.91 Å². The Hall–Kier alpha value is -2.11. The molecule has 0 aromatic carbocycles. The van der Waals surface area contributed by atoms with Crippen LogP contribution in [0.4, 0.5) is 4.79 Å². The number of carbonyl (C=O) groups excluding carboxylic acids is 2. The maximum atomic E-state index is 13.0. The van der Waals surface area contributed by atoms with Crippen LogP contribution in [0.15, 0.2) is 24.5 Å². The van der Waals surface area contributed by atoms with E-state index in [1.165, 1.54) is 6.42 Å². The molecular weight excluding hydrogens is 316 g/mol. The average Bonchev–Trinajstić information content (AvgIpc) is 2.88. The van der Waals surface area contributed by atoms with Crippen molar-refractivity contribution in [3.63, 3.8) is 0 Å². The molecule has 0 bridgehead atoms. The molecule has 2 atom stereocenters. The maximum Gasteiger partial charge on any atom is 0.320 e. The van der Waals surface area contributed by atoms with Crippen LogP contribution in [0.5, 0.6) is 0 Å². The van der Waals surface area contributed by atoms with Gasteiger partial charge in [0.15, 0.2) is 0 Å². The number of rotatable bonds is 1. The maximum absolute atomic E-state index is 13.0. The molecule has 1 aromatic rings. The Morgan fingerprint density at radius 3 is 2.20 bits per heavy atom. The summed E-state index contributed by atoms with van der Waals surface area (Å²) in [6, 6.07) is 4.22. The number of carbonyl (C=O) groups is 2. The van der Waals surface area contributed by atoms with Gasteiger partial charge in [-0.1, -0.05) is 0 Å². The Labute approximate surface area is 149 Å². The minimum atomic E-state index is 0.0245. The predicted octanol–water partition coefficient (Wildman–Crippen LogP) is 2.61. The first-order valence-electron chi connectivity index (χ1n) is 9.34. The first-order chi connectivity index (χ1) is 12.1. The average molecular weight is 344 g/mol. The quantitative estimate of drug-likeness (QED) is 0.787. The van der Waals surface area contributed by atoms with Crippen molar-refractivity contribution in [2.24, 2.45) is 0 Å². The number of amides is 3. The van der Waals surface area contributed by atoms with Gasteiger partial charge in [-0.15, -0.1) is 0 Å². The Balaban J connectivity index is 1.63. The van der Waals surface area contributed by atoms with Crippen molar-refractivity contribution in [3.8, 4) is 0 Å². The van der Waals surface area contributed by atoms with Crippen LogP contribution in [-0.2, 0) is 0 Å². The molecule has 6 heteroatoms. The van der Waals surface area contributed by atoms with Crippen molar-refractivity contribution >= 4 is 11.9 Å². The third-order valence-corrected chi connectivity index (χ3v) is 5.40. The van der Waals surface area contributed by atoms with Crippen molar-refractivity contribution in [2.75, 3.05) is 26.2 Å². The van der Waals surface area contributed by atoms with E-state index in [-0.39, 0.29) is 11.9 Å². The normalized spacial score (nSPS) is 24.8. The monoisotopic (exact) mass is 344 g/mol. The predicted molar refractivity (Wildman–Crippen MR) is 96.3 cm³/mol. The number of piperidine rings is 1. The van der Waals surface area contributed by atoms with Crippen LogP contribution < -0.4 is 0 Å². The number of urea groups is 1. The van der Waals surface area contributed by atoms with Crippen LogP contribution in [0, 0.1) is 0 Å². The molecule has 2 unspecified atom stereocenters. The summed E-state index contributed by atoms with van der Waals surface area (Å²) in [5, 5.41) is 0. The Morgan fingerprint density at radius 2 is 1.52 bits per heavy atom. The van der Waals surface area contributed by atoms with E-state index in [0.29, 0.717) is 37.3 Å². The second kappa shape index (κ2) is 7.85. The summed E-state index contributed by atoms with van der Waals surface area (Å²) in [5.41, 5.74) is 0.660. The Kier molecular flexibility index (Phi) is 5.56. The third kappa shape index (κ3) is 3.94. The van der Waals surface area contributed by atoms with Crippen molar-refractivity contribution in [3.05, 3.63) is 30.1 Å². The fraction of sp³-hybridized carbons (Fsp3) is 0.632. The first-order valence-corrected chi connectivity index (χ1v) is 9.34. The molecule has 2 aliphatic rings. The van der Waals surface area contributed by atoms with E-state index in [2.05, 4.69) is 18.8 Å². The summed E-state index contributed by atoms with van der Waals surface area (Å²) in [7, 11) is 0. The summed E-state index contributed by atoms with van der Waals surface area (Å²) in [5.74, 6) is 0.0245. The van der Waals surface area contributed by atoms with Crippen molar-refractivity contribution in [1.29, 1.82) is 0 Å². The fourth-order valence-corrected chi connectivity index (χ4v) is 3.95. The molecule has 6 nitrogen and oxygen atoms in total. The highest BCUT2D eigenvalue weighted by molar-refractivity contribution is 5.94. The van der Waals surface area contributed by atoms with Gasteiger partial charge in [-0.05, 0) is 51.7 Å². The molecule has 136 valence electrons. The van der Waals surface area contributed by atoms with Crippen molar-refractivity contribution in [1.82, 2.24) is 19.7 Å². The van der Waals surface area contributed by atoms with Gasteiger partial charge in [-0.3, -0.25) is 9.78 Å². The number of nitrogens with zero attached hydrogens (tertiary/aromatic N) is 4. The van der Waals surface area contributed by atoms with Gasteiger partial charge in [-0.25, -0.2) is 4.79 Å². The molecule has 0 radical (unpaired) electrons. The molecule has 0 N–H and O–H groups in total. The summed E-state index contributed by atoms with van der Waals surface area (Å²) < 4.78 is 0. The van der Waals surface area contributed by atoms with E-state index in [1.807, 2.05) is 14.7 Å². The lowest BCUT2D eigenvalue weighted by Crippen LogP contribution is -2.53. The molecule has 1 aromatic heterocycles. The van der Waals surface area contributed by atoms with Crippen molar-refractivity contribution < 1.29 is 9.59 Å². The summed E-state index contributed by atoms with van der Waals surface area (Å²) in [6.45, 7) is 6.88. The van der Waals surface area contributed by atoms with E-state index in [4.69, 9.17) is 0 Å². The van der Waals surface area contributed by atoms with E-state index in [0.717, 1.165) is 25.8 Å². The van der Waals surface area contributed by atoms with Crippen LogP contribution in [0.2, 0.25) is 0 Å². The number of likely N-dealkylation sites (tertiary alicyclic amines) is 1. The smallest absolute Gasteiger partial charge is 0.320 e. The van der Waals surface area contributed by atoms with Crippen LogP contribution in [-0.4, -0.2) is 69.9 Å². The van der Waals surface area contributed by atoms with E-state index in [9.17, 15) is 9.59 Å². The molecule has 2 fully saturated rings. The minimum absolute atomic E-state index is 0.0245. The fourth-order valence-electron chi connectivity index (χ4n) is 3.95. The molecule has 3 heterocycles. The molecule has 2 saturated heterocycles. The van der Waals surface area contributed by atoms with Gasteiger partial charge in [0.1, 0.15) is 0 Å². The van der Waals surface area contributed by atoms with Gasteiger partial charge < -0.3 is 14.7 Å². The number of hydrogen-bond donors (Lipinski definition) is 0. The second-order valence-electron chi connectivity index (χ2n) is 7.19. The molecule has 2 aliphatic heterocycles. The lowest BCUT2D eigenvalue weighted by atomic mass is 9.98. The van der Waals surface area contributed by atoms with Crippen LogP contribution in [0.3, 0.4) is 0 Å². The SMILES string of the molecule is CC1CCCC(C)N1C(=O)N1CCCN(C(=O)c2ccncc2)CC1. The summed E-state index contributed by atoms with van der Waals surface area (Å²) >= 11 is 0. The molecule has 0 spiro atoms. The van der Waals surface area contributed by atoms with Gasteiger partial charge in [0.05, 0.1) is 0 Å². The molecular formula is C19H28N4O2. The zero-order valence-electron chi connectivity index (χ0n) is 15.2. The highest BCUT2D eigenvalue weighted by Gasteiger charge is 2.33. The third-order valence-electron chi connectivity index (χ3n) is 5.40. The highest BCUT2D eigenvalue weighted by atomic mass is 16.2. The lowest BCUT2D eigenvalue weighted by molar-refractivity contribution is 0.0749. The molecule has 3 rings (SSSR count). The van der Waals surface area contributed by atoms with Gasteiger partial charge in [0, 0.05) is 56.2 Å². The van der Waals surface area contributed by atoms with E-state index in [1.54, 1.807) is 24.5 Å². The summed E-state index contributed by atoms with van der Waals surface area (Å²) in [6.07, 6.45) is 7.45. The number of aromatic nitrogens is 1. The largest absolute Gasteiger partial charge is 0.337 e. The van der Waals surface area contributed by atoms with Crippen LogP contribution in [0.1, 0.15) is 49.9 Å². The zero-order valence-corrected chi connectivity index (χ0v) is 15.2. The number of pyridine rings is 1. The van der Waals surface area contributed by atoms with Gasteiger partial charge in [0.2, 0.25) is 0 Å². The van der Waals surface area contributed by atoms with E-state index < -0.39 is 0 Å². The standard InChI is InChI=1S/C19H28N4O2/c1-15-5-3-6-16(2)23(15)19(25)22-12-4-11-21(13-14-22)18(24)17-7-9-20-10-8-17/h7-10,15-16H,3-6,11-14H2,1-2H3. The number of hydrogen-bond acceptors (Lipinski definition) is 3. The molecule has 25 heavy (non-hydrogen) atoms.